The molecule has 0 saturated carbocycles. The number of rotatable bonds is 8. The minimum absolute atomic E-state index is 0.884. The lowest BCUT2D eigenvalue weighted by molar-refractivity contribution is 0.674. The summed E-state index contributed by atoms with van der Waals surface area (Å²) in [7, 11) is 0. The molecule has 12 aromatic rings. The molecular formula is C62H41NO. The molecule has 2 heteroatoms. The van der Waals surface area contributed by atoms with Crippen molar-refractivity contribution in [3.05, 3.63) is 249 Å². The van der Waals surface area contributed by atoms with Gasteiger partial charge in [-0.05, 0) is 109 Å². The van der Waals surface area contributed by atoms with Crippen LogP contribution in [0.5, 0.6) is 0 Å². The third kappa shape index (κ3) is 6.61. The first-order valence-electron chi connectivity index (χ1n) is 21.9. The van der Waals surface area contributed by atoms with Crippen LogP contribution in [0, 0.1) is 0 Å². The van der Waals surface area contributed by atoms with Gasteiger partial charge in [-0.3, -0.25) is 0 Å². The Kier molecular flexibility index (Phi) is 9.20. The number of para-hydroxylation sites is 2. The van der Waals surface area contributed by atoms with Gasteiger partial charge in [0.1, 0.15) is 11.2 Å². The van der Waals surface area contributed by atoms with Gasteiger partial charge in [0.15, 0.2) is 0 Å². The van der Waals surface area contributed by atoms with E-state index in [4.69, 9.17) is 4.42 Å². The van der Waals surface area contributed by atoms with Crippen LogP contribution in [0.4, 0.5) is 17.1 Å². The predicted molar refractivity (Wildman–Crippen MR) is 271 cm³/mol. The third-order valence-electron chi connectivity index (χ3n) is 12.7. The average Bonchev–Trinajstić information content (AvgIpc) is 3.77. The summed E-state index contributed by atoms with van der Waals surface area (Å²) in [6, 6.07) is 89.6. The summed E-state index contributed by atoms with van der Waals surface area (Å²) in [6.07, 6.45) is 0. The number of nitrogens with zero attached hydrogens (tertiary/aromatic N) is 1. The Bertz CT molecular complexity index is 3660. The summed E-state index contributed by atoms with van der Waals surface area (Å²) in [6.45, 7) is 0. The van der Waals surface area contributed by atoms with E-state index < -0.39 is 0 Å². The second-order valence-electron chi connectivity index (χ2n) is 16.5. The normalized spacial score (nSPS) is 11.4. The van der Waals surface area contributed by atoms with Crippen molar-refractivity contribution < 1.29 is 4.42 Å². The quantitative estimate of drug-likeness (QED) is 0.152. The molecule has 2 nitrogen and oxygen atoms in total. The van der Waals surface area contributed by atoms with Gasteiger partial charge in [-0.15, -0.1) is 0 Å². The molecule has 0 amide bonds. The van der Waals surface area contributed by atoms with Crippen LogP contribution >= 0.6 is 0 Å². The maximum atomic E-state index is 6.93. The van der Waals surface area contributed by atoms with Crippen LogP contribution < -0.4 is 4.90 Å². The van der Waals surface area contributed by atoms with Gasteiger partial charge in [0, 0.05) is 38.7 Å². The van der Waals surface area contributed by atoms with Gasteiger partial charge in [0.2, 0.25) is 0 Å². The minimum atomic E-state index is 0.884. The van der Waals surface area contributed by atoms with E-state index in [0.717, 1.165) is 66.6 Å². The minimum Gasteiger partial charge on any atom is -0.455 e. The van der Waals surface area contributed by atoms with Crippen LogP contribution in [-0.4, -0.2) is 0 Å². The van der Waals surface area contributed by atoms with Crippen molar-refractivity contribution in [1.82, 2.24) is 0 Å². The van der Waals surface area contributed by atoms with Gasteiger partial charge in [0.25, 0.3) is 0 Å². The number of fused-ring (bicyclic) bond motifs is 6. The van der Waals surface area contributed by atoms with E-state index in [2.05, 4.69) is 254 Å². The second kappa shape index (κ2) is 15.8. The van der Waals surface area contributed by atoms with Crippen LogP contribution in [-0.2, 0) is 0 Å². The molecule has 0 unspecified atom stereocenters. The largest absolute Gasteiger partial charge is 0.455 e. The zero-order valence-corrected chi connectivity index (χ0v) is 35.0. The summed E-state index contributed by atoms with van der Waals surface area (Å²) in [5.41, 5.74) is 16.6. The van der Waals surface area contributed by atoms with E-state index in [9.17, 15) is 0 Å². The van der Waals surface area contributed by atoms with Crippen LogP contribution in [0.1, 0.15) is 0 Å². The van der Waals surface area contributed by atoms with E-state index in [1.165, 1.54) is 49.5 Å². The Hall–Kier alpha value is -8.46. The Labute approximate surface area is 372 Å². The molecule has 0 saturated heterocycles. The lowest BCUT2D eigenvalue weighted by atomic mass is 9.91. The van der Waals surface area contributed by atoms with Gasteiger partial charge in [-0.25, -0.2) is 0 Å². The maximum Gasteiger partial charge on any atom is 0.143 e. The molecule has 11 aromatic carbocycles. The first-order valence-corrected chi connectivity index (χ1v) is 21.9. The van der Waals surface area contributed by atoms with Gasteiger partial charge >= 0.3 is 0 Å². The molecule has 1 heterocycles. The van der Waals surface area contributed by atoms with Gasteiger partial charge in [-0.1, -0.05) is 200 Å². The van der Waals surface area contributed by atoms with Crippen LogP contribution in [0.15, 0.2) is 253 Å². The Morgan fingerprint density at radius 1 is 0.250 bits per heavy atom. The van der Waals surface area contributed by atoms with E-state index in [0.29, 0.717) is 0 Å². The molecule has 0 radical (unpaired) electrons. The highest BCUT2D eigenvalue weighted by Gasteiger charge is 2.22. The molecule has 0 fully saturated rings. The molecule has 64 heavy (non-hydrogen) atoms. The average molecular weight is 816 g/mol. The van der Waals surface area contributed by atoms with Gasteiger partial charge < -0.3 is 9.32 Å². The number of furan rings is 1. The SMILES string of the molecule is c1ccc(-c2ccc(-c3ccc(N(c4cccc(-c5ccc6ccccc6c5)c4)c4ccccc4-c4cccc5c4oc4c6ccccc6ccc54)cc3)cc2-c2ccccc2)cc1. The lowest BCUT2D eigenvalue weighted by Crippen LogP contribution is -2.11. The number of hydrogen-bond acceptors (Lipinski definition) is 2. The van der Waals surface area contributed by atoms with Crippen molar-refractivity contribution in [3.8, 4) is 55.6 Å². The fraction of sp³-hybridized carbons (Fsp3) is 0. The maximum absolute atomic E-state index is 6.93. The topological polar surface area (TPSA) is 16.4 Å². The van der Waals surface area contributed by atoms with Gasteiger partial charge in [0.05, 0.1) is 5.69 Å². The van der Waals surface area contributed by atoms with Crippen molar-refractivity contribution in [3.63, 3.8) is 0 Å². The van der Waals surface area contributed by atoms with E-state index >= 15 is 0 Å². The number of anilines is 3. The van der Waals surface area contributed by atoms with Crippen molar-refractivity contribution in [2.45, 2.75) is 0 Å². The highest BCUT2D eigenvalue weighted by atomic mass is 16.3. The van der Waals surface area contributed by atoms with Crippen molar-refractivity contribution >= 4 is 60.5 Å². The van der Waals surface area contributed by atoms with Crippen LogP contribution in [0.2, 0.25) is 0 Å². The summed E-state index contributed by atoms with van der Waals surface area (Å²) < 4.78 is 6.93. The van der Waals surface area contributed by atoms with E-state index in [-0.39, 0.29) is 0 Å². The van der Waals surface area contributed by atoms with Crippen molar-refractivity contribution in [2.75, 3.05) is 4.90 Å². The lowest BCUT2D eigenvalue weighted by Gasteiger charge is -2.28. The number of hydrogen-bond donors (Lipinski definition) is 0. The fourth-order valence-electron chi connectivity index (χ4n) is 9.51. The van der Waals surface area contributed by atoms with E-state index in [1.54, 1.807) is 0 Å². The monoisotopic (exact) mass is 815 g/mol. The molecule has 0 aliphatic heterocycles. The zero-order chi connectivity index (χ0) is 42.4. The second-order valence-corrected chi connectivity index (χ2v) is 16.5. The molecule has 12 rings (SSSR count). The zero-order valence-electron chi connectivity index (χ0n) is 35.0. The Morgan fingerprint density at radius 3 is 1.64 bits per heavy atom. The van der Waals surface area contributed by atoms with Crippen LogP contribution in [0.25, 0.3) is 99.1 Å². The van der Waals surface area contributed by atoms with Gasteiger partial charge in [-0.2, -0.15) is 0 Å². The van der Waals surface area contributed by atoms with Crippen molar-refractivity contribution in [2.24, 2.45) is 0 Å². The first kappa shape index (κ1) is 37.3. The summed E-state index contributed by atoms with van der Waals surface area (Å²) in [5.74, 6) is 0. The highest BCUT2D eigenvalue weighted by Crippen LogP contribution is 2.46. The third-order valence-corrected chi connectivity index (χ3v) is 12.7. The molecule has 0 atom stereocenters. The standard InChI is InChI=1S/C62H41NO/c1-3-16-44(17-4-1)53-37-34-50(41-59(53)45-18-5-2-6-19-45)43-31-35-51(36-32-43)63(52-23-13-22-48(40-52)49-30-29-42-15-7-8-21-47(42)39-49)60-28-12-11-25-55(60)56-26-14-27-57-58-38-33-46-20-9-10-24-54(46)61(58)64-62(56)57/h1-41H. The summed E-state index contributed by atoms with van der Waals surface area (Å²) in [5, 5.41) is 6.97. The molecule has 0 aliphatic rings. The smallest absolute Gasteiger partial charge is 0.143 e. The molecule has 0 aliphatic carbocycles. The fourth-order valence-corrected chi connectivity index (χ4v) is 9.51. The number of benzene rings is 11. The molecule has 300 valence electrons. The molecule has 0 N–H and O–H groups in total. The summed E-state index contributed by atoms with van der Waals surface area (Å²) >= 11 is 0. The van der Waals surface area contributed by atoms with Crippen molar-refractivity contribution in [1.29, 1.82) is 0 Å². The molecule has 0 spiro atoms. The molecule has 0 bridgehead atoms. The highest BCUT2D eigenvalue weighted by molar-refractivity contribution is 6.17. The summed E-state index contributed by atoms with van der Waals surface area (Å²) in [4.78, 5) is 2.40. The molecular weight excluding hydrogens is 775 g/mol. The first-order chi connectivity index (χ1) is 31.7. The predicted octanol–water partition coefficient (Wildman–Crippen LogP) is 17.7. The van der Waals surface area contributed by atoms with Crippen LogP contribution in [0.3, 0.4) is 0 Å². The Balaban J connectivity index is 1.02. The Morgan fingerprint density at radius 2 is 0.812 bits per heavy atom. The van der Waals surface area contributed by atoms with E-state index in [1.807, 2.05) is 0 Å². The molecule has 1 aromatic heterocycles.